The van der Waals surface area contributed by atoms with Crippen LogP contribution in [-0.4, -0.2) is 22.1 Å². The molecule has 156 valence electrons. The highest BCUT2D eigenvalue weighted by molar-refractivity contribution is 14.0. The third-order valence-electron chi connectivity index (χ3n) is 3.80. The molecule has 5 nitrogen and oxygen atoms in total. The Morgan fingerprint density at radius 1 is 1.25 bits per heavy atom. The van der Waals surface area contributed by atoms with E-state index >= 15 is 0 Å². The number of aliphatic imine (C=N–C) groups is 1. The van der Waals surface area contributed by atoms with Gasteiger partial charge in [-0.1, -0.05) is 26.0 Å². The quantitative estimate of drug-likeness (QED) is 0.330. The molecule has 0 aliphatic carbocycles. The zero-order valence-corrected chi connectivity index (χ0v) is 18.6. The van der Waals surface area contributed by atoms with E-state index in [0.29, 0.717) is 30.5 Å². The molecule has 0 amide bonds. The van der Waals surface area contributed by atoms with Crippen LogP contribution in [0.2, 0.25) is 0 Å². The monoisotopic (exact) mass is 509 g/mol. The highest BCUT2D eigenvalue weighted by Crippen LogP contribution is 2.29. The highest BCUT2D eigenvalue weighted by Gasteiger charge is 2.30. The lowest BCUT2D eigenvalue weighted by atomic mass is 10.1. The second kappa shape index (κ2) is 11.3. The summed E-state index contributed by atoms with van der Waals surface area (Å²) in [4.78, 5) is 8.74. The number of hydrogen-bond donors (Lipinski definition) is 2. The second-order valence-electron chi connectivity index (χ2n) is 6.64. The number of aromatic nitrogens is 2. The van der Waals surface area contributed by atoms with Crippen LogP contribution in [0.5, 0.6) is 0 Å². The molecule has 0 atom stereocenters. The molecule has 0 saturated carbocycles. The normalized spacial score (nSPS) is 12.0. The van der Waals surface area contributed by atoms with Gasteiger partial charge in [-0.05, 0) is 30.5 Å². The Hall–Kier alpha value is -1.78. The molecule has 1 heterocycles. The standard InChI is InChI=1S/C19H26F3N5.HI/c1-4-23-18(26-12-17-24-8-9-27(17)13-14(2)3)25-11-15-6-5-7-16(10-15)19(20,21)22;/h5-10,14H,4,11-13H2,1-3H3,(H2,23,25,26);1H. The van der Waals surface area contributed by atoms with E-state index in [0.717, 1.165) is 24.5 Å². The number of hydrogen-bond acceptors (Lipinski definition) is 2. The fraction of sp³-hybridized carbons (Fsp3) is 0.474. The SMILES string of the molecule is CCNC(=NCc1cccc(C(F)(F)F)c1)NCc1nccn1CC(C)C.I. The summed E-state index contributed by atoms with van der Waals surface area (Å²) in [7, 11) is 0. The summed E-state index contributed by atoms with van der Waals surface area (Å²) in [5.74, 6) is 1.92. The summed E-state index contributed by atoms with van der Waals surface area (Å²) in [5.41, 5.74) is -0.160. The van der Waals surface area contributed by atoms with Gasteiger partial charge in [0.05, 0.1) is 18.7 Å². The van der Waals surface area contributed by atoms with Gasteiger partial charge in [0.25, 0.3) is 0 Å². The summed E-state index contributed by atoms with van der Waals surface area (Å²) in [6.45, 7) is 8.36. The van der Waals surface area contributed by atoms with Gasteiger partial charge in [0, 0.05) is 25.5 Å². The lowest BCUT2D eigenvalue weighted by Gasteiger charge is -2.14. The van der Waals surface area contributed by atoms with Crippen molar-refractivity contribution in [1.82, 2.24) is 20.2 Å². The van der Waals surface area contributed by atoms with Crippen LogP contribution in [0, 0.1) is 5.92 Å². The van der Waals surface area contributed by atoms with E-state index in [4.69, 9.17) is 0 Å². The molecule has 0 aliphatic rings. The van der Waals surface area contributed by atoms with E-state index in [1.54, 1.807) is 12.3 Å². The summed E-state index contributed by atoms with van der Waals surface area (Å²) >= 11 is 0. The Kier molecular flexibility index (Phi) is 9.77. The molecule has 2 rings (SSSR count). The molecule has 0 radical (unpaired) electrons. The number of nitrogens with one attached hydrogen (secondary N) is 2. The Bertz CT molecular complexity index is 756. The van der Waals surface area contributed by atoms with E-state index in [2.05, 4.69) is 39.0 Å². The van der Waals surface area contributed by atoms with Crippen LogP contribution in [0.4, 0.5) is 13.2 Å². The fourth-order valence-corrected chi connectivity index (χ4v) is 2.59. The number of alkyl halides is 3. The minimum absolute atomic E-state index is 0. The summed E-state index contributed by atoms with van der Waals surface area (Å²) in [6.07, 6.45) is -0.661. The maximum Gasteiger partial charge on any atom is 0.416 e. The largest absolute Gasteiger partial charge is 0.416 e. The van der Waals surface area contributed by atoms with Crippen molar-refractivity contribution in [2.24, 2.45) is 10.9 Å². The van der Waals surface area contributed by atoms with E-state index in [9.17, 15) is 13.2 Å². The summed E-state index contributed by atoms with van der Waals surface area (Å²) in [6, 6.07) is 5.22. The molecule has 2 N–H and O–H groups in total. The van der Waals surface area contributed by atoms with E-state index < -0.39 is 11.7 Å². The molecule has 1 aromatic carbocycles. The topological polar surface area (TPSA) is 54.2 Å². The van der Waals surface area contributed by atoms with E-state index in [1.807, 2.05) is 13.1 Å². The van der Waals surface area contributed by atoms with Crippen LogP contribution < -0.4 is 10.6 Å². The minimum Gasteiger partial charge on any atom is -0.357 e. The predicted octanol–water partition coefficient (Wildman–Crippen LogP) is 4.43. The zero-order chi connectivity index (χ0) is 19.9. The maximum atomic E-state index is 12.8. The van der Waals surface area contributed by atoms with Gasteiger partial charge in [0.2, 0.25) is 0 Å². The van der Waals surface area contributed by atoms with Gasteiger partial charge in [0.15, 0.2) is 5.96 Å². The molecule has 0 fully saturated rings. The van der Waals surface area contributed by atoms with Crippen molar-refractivity contribution >= 4 is 29.9 Å². The molecule has 0 aliphatic heterocycles. The Labute approximate surface area is 180 Å². The van der Waals surface area contributed by atoms with Crippen molar-refractivity contribution < 1.29 is 13.2 Å². The highest BCUT2D eigenvalue weighted by atomic mass is 127. The number of imidazole rings is 1. The molecule has 0 bridgehead atoms. The van der Waals surface area contributed by atoms with Crippen molar-refractivity contribution in [3.8, 4) is 0 Å². The van der Waals surface area contributed by atoms with Gasteiger partial charge in [0.1, 0.15) is 5.82 Å². The first kappa shape index (κ1) is 24.3. The number of benzene rings is 1. The zero-order valence-electron chi connectivity index (χ0n) is 16.3. The maximum absolute atomic E-state index is 12.8. The third-order valence-corrected chi connectivity index (χ3v) is 3.80. The van der Waals surface area contributed by atoms with Gasteiger partial charge in [-0.15, -0.1) is 24.0 Å². The number of nitrogens with zero attached hydrogens (tertiary/aromatic N) is 3. The average molecular weight is 509 g/mol. The van der Waals surface area contributed by atoms with Crippen molar-refractivity contribution in [3.05, 3.63) is 53.6 Å². The summed E-state index contributed by atoms with van der Waals surface area (Å²) < 4.78 is 40.5. The fourth-order valence-electron chi connectivity index (χ4n) is 2.59. The van der Waals surface area contributed by atoms with Crippen molar-refractivity contribution in [2.45, 2.75) is 46.6 Å². The molecule has 9 heteroatoms. The lowest BCUT2D eigenvalue weighted by molar-refractivity contribution is -0.137. The molecular formula is C19H27F3IN5. The molecular weight excluding hydrogens is 482 g/mol. The molecule has 28 heavy (non-hydrogen) atoms. The Balaban J connectivity index is 0.00000392. The third kappa shape index (κ3) is 7.69. The van der Waals surface area contributed by atoms with E-state index in [-0.39, 0.29) is 30.5 Å². The molecule has 0 spiro atoms. The molecule has 2 aromatic rings. The van der Waals surface area contributed by atoms with Crippen LogP contribution in [0.1, 0.15) is 37.7 Å². The number of guanidine groups is 1. The lowest BCUT2D eigenvalue weighted by Crippen LogP contribution is -2.37. The molecule has 0 saturated heterocycles. The van der Waals surface area contributed by atoms with Crippen LogP contribution in [0.3, 0.4) is 0 Å². The van der Waals surface area contributed by atoms with Crippen molar-refractivity contribution in [2.75, 3.05) is 6.54 Å². The van der Waals surface area contributed by atoms with Gasteiger partial charge in [-0.25, -0.2) is 9.98 Å². The summed E-state index contributed by atoms with van der Waals surface area (Å²) in [5, 5.41) is 6.29. The Morgan fingerprint density at radius 2 is 2.00 bits per heavy atom. The second-order valence-corrected chi connectivity index (χ2v) is 6.64. The molecule has 1 aromatic heterocycles. The molecule has 0 unspecified atom stereocenters. The average Bonchev–Trinajstić information content (AvgIpc) is 3.03. The first-order valence-electron chi connectivity index (χ1n) is 8.98. The Morgan fingerprint density at radius 3 is 2.64 bits per heavy atom. The first-order chi connectivity index (χ1) is 12.8. The van der Waals surface area contributed by atoms with E-state index in [1.165, 1.54) is 6.07 Å². The minimum atomic E-state index is -4.35. The first-order valence-corrected chi connectivity index (χ1v) is 8.98. The smallest absolute Gasteiger partial charge is 0.357 e. The van der Waals surface area contributed by atoms with Crippen LogP contribution in [0.15, 0.2) is 41.7 Å². The van der Waals surface area contributed by atoms with Gasteiger partial charge in [-0.2, -0.15) is 13.2 Å². The van der Waals surface area contributed by atoms with Crippen molar-refractivity contribution in [3.63, 3.8) is 0 Å². The van der Waals surface area contributed by atoms with Crippen LogP contribution >= 0.6 is 24.0 Å². The van der Waals surface area contributed by atoms with Crippen LogP contribution in [0.25, 0.3) is 0 Å². The van der Waals surface area contributed by atoms with Gasteiger partial charge >= 0.3 is 6.18 Å². The van der Waals surface area contributed by atoms with Gasteiger partial charge in [-0.3, -0.25) is 0 Å². The van der Waals surface area contributed by atoms with Crippen LogP contribution in [-0.2, 0) is 25.8 Å². The predicted molar refractivity (Wildman–Crippen MR) is 116 cm³/mol. The number of rotatable bonds is 7. The van der Waals surface area contributed by atoms with Gasteiger partial charge < -0.3 is 15.2 Å². The number of halogens is 4. The van der Waals surface area contributed by atoms with Crippen molar-refractivity contribution in [1.29, 1.82) is 0 Å².